The molecule has 1 atom stereocenters. The number of nitrogens with zero attached hydrogens (tertiary/aromatic N) is 2. The molecule has 1 N–H and O–H groups in total. The zero-order valence-corrected chi connectivity index (χ0v) is 15.2. The van der Waals surface area contributed by atoms with Crippen molar-refractivity contribution in [3.05, 3.63) is 48.0 Å². The van der Waals surface area contributed by atoms with E-state index in [4.69, 9.17) is 10.00 Å². The van der Waals surface area contributed by atoms with Gasteiger partial charge in [0.25, 0.3) is 5.91 Å². The highest BCUT2D eigenvalue weighted by Crippen LogP contribution is 2.17. The summed E-state index contributed by atoms with van der Waals surface area (Å²) in [6, 6.07) is 12.9. The number of rotatable bonds is 6. The molecule has 0 bridgehead atoms. The molecule has 6 nitrogen and oxygen atoms in total. The van der Waals surface area contributed by atoms with Crippen molar-refractivity contribution in [2.45, 2.75) is 26.3 Å². The van der Waals surface area contributed by atoms with Crippen LogP contribution < -0.4 is 5.32 Å². The van der Waals surface area contributed by atoms with Gasteiger partial charge in [0.15, 0.2) is 6.19 Å². The van der Waals surface area contributed by atoms with Crippen LogP contribution in [0.5, 0.6) is 0 Å². The van der Waals surface area contributed by atoms with Crippen LogP contribution in [0.4, 0.5) is 4.79 Å². The van der Waals surface area contributed by atoms with Gasteiger partial charge in [-0.15, -0.1) is 0 Å². The number of benzene rings is 2. The Labute approximate surface area is 153 Å². The fourth-order valence-corrected chi connectivity index (χ4v) is 2.51. The molecule has 0 aliphatic carbocycles. The average Bonchev–Trinajstić information content (AvgIpc) is 2.64. The van der Waals surface area contributed by atoms with Gasteiger partial charge in [0, 0.05) is 13.5 Å². The molecule has 0 saturated heterocycles. The van der Waals surface area contributed by atoms with Crippen LogP contribution in [0.2, 0.25) is 0 Å². The number of ether oxygens (including phenoxy) is 1. The van der Waals surface area contributed by atoms with Crippen LogP contribution in [-0.2, 0) is 16.0 Å². The van der Waals surface area contributed by atoms with E-state index in [2.05, 4.69) is 5.32 Å². The Balaban J connectivity index is 2.17. The number of nitriles is 1. The Morgan fingerprint density at radius 2 is 1.88 bits per heavy atom. The van der Waals surface area contributed by atoms with E-state index < -0.39 is 18.0 Å². The van der Waals surface area contributed by atoms with Gasteiger partial charge in [-0.05, 0) is 22.3 Å². The molecule has 0 heterocycles. The highest BCUT2D eigenvalue weighted by molar-refractivity contribution is 5.87. The quantitative estimate of drug-likeness (QED) is 0.639. The molecule has 2 aromatic rings. The van der Waals surface area contributed by atoms with Gasteiger partial charge >= 0.3 is 6.09 Å². The molecular weight excluding hydrogens is 330 g/mol. The first-order chi connectivity index (χ1) is 12.4. The molecular formula is C20H23N3O3. The molecule has 0 fully saturated rings. The molecule has 1 unspecified atom stereocenters. The van der Waals surface area contributed by atoms with Gasteiger partial charge in [-0.3, -0.25) is 9.69 Å². The summed E-state index contributed by atoms with van der Waals surface area (Å²) in [5.74, 6) is -0.292. The number of carbonyl (C=O) groups excluding carboxylic acids is 2. The Kier molecular flexibility index (Phi) is 6.56. The molecule has 0 saturated carbocycles. The van der Waals surface area contributed by atoms with Crippen LogP contribution in [0.15, 0.2) is 42.5 Å². The SMILES string of the molecule is CC(C)COC(=O)NC(Cc1ccc2ccccc2c1)C(=O)N(C)C#N. The normalized spacial score (nSPS) is 11.7. The minimum Gasteiger partial charge on any atom is -0.449 e. The highest BCUT2D eigenvalue weighted by Gasteiger charge is 2.25. The second-order valence-corrected chi connectivity index (χ2v) is 6.57. The Morgan fingerprint density at radius 1 is 1.19 bits per heavy atom. The van der Waals surface area contributed by atoms with Gasteiger partial charge in [0.1, 0.15) is 6.04 Å². The smallest absolute Gasteiger partial charge is 0.407 e. The summed E-state index contributed by atoms with van der Waals surface area (Å²) in [5, 5.41) is 13.7. The third kappa shape index (κ3) is 5.21. The first-order valence-electron chi connectivity index (χ1n) is 8.49. The molecule has 26 heavy (non-hydrogen) atoms. The predicted octanol–water partition coefficient (Wildman–Crippen LogP) is 3.07. The minimum absolute atomic E-state index is 0.192. The van der Waals surface area contributed by atoms with Crippen LogP contribution in [0, 0.1) is 17.4 Å². The molecule has 0 aromatic heterocycles. The van der Waals surface area contributed by atoms with Gasteiger partial charge in [0.2, 0.25) is 0 Å². The van der Waals surface area contributed by atoms with Crippen molar-refractivity contribution in [3.8, 4) is 6.19 Å². The number of alkyl carbamates (subject to hydrolysis) is 1. The van der Waals surface area contributed by atoms with Crippen LogP contribution in [0.3, 0.4) is 0 Å². The van der Waals surface area contributed by atoms with Gasteiger partial charge < -0.3 is 10.1 Å². The van der Waals surface area contributed by atoms with Crippen LogP contribution in [0.1, 0.15) is 19.4 Å². The van der Waals surface area contributed by atoms with Crippen molar-refractivity contribution in [2.75, 3.05) is 13.7 Å². The Bertz CT molecular complexity index is 826. The minimum atomic E-state index is -0.875. The molecule has 6 heteroatoms. The summed E-state index contributed by atoms with van der Waals surface area (Å²) in [7, 11) is 1.37. The van der Waals surface area contributed by atoms with Crippen molar-refractivity contribution in [2.24, 2.45) is 5.92 Å². The second-order valence-electron chi connectivity index (χ2n) is 6.57. The van der Waals surface area contributed by atoms with Crippen LogP contribution >= 0.6 is 0 Å². The van der Waals surface area contributed by atoms with Crippen molar-refractivity contribution < 1.29 is 14.3 Å². The van der Waals surface area contributed by atoms with Gasteiger partial charge in [-0.1, -0.05) is 56.3 Å². The topological polar surface area (TPSA) is 82.4 Å². The maximum atomic E-state index is 12.4. The Hall–Kier alpha value is -3.07. The van der Waals surface area contributed by atoms with E-state index in [-0.39, 0.29) is 18.9 Å². The number of fused-ring (bicyclic) bond motifs is 1. The molecule has 136 valence electrons. The number of amides is 2. The lowest BCUT2D eigenvalue weighted by Crippen LogP contribution is -2.47. The van der Waals surface area contributed by atoms with Crippen molar-refractivity contribution >= 4 is 22.8 Å². The van der Waals surface area contributed by atoms with E-state index >= 15 is 0 Å². The Morgan fingerprint density at radius 3 is 2.54 bits per heavy atom. The summed E-state index contributed by atoms with van der Waals surface area (Å²) in [6.45, 7) is 4.11. The molecule has 0 spiro atoms. The lowest BCUT2D eigenvalue weighted by atomic mass is 10.0. The van der Waals surface area contributed by atoms with E-state index in [9.17, 15) is 9.59 Å². The fourth-order valence-electron chi connectivity index (χ4n) is 2.51. The number of hydrogen-bond acceptors (Lipinski definition) is 4. The second kappa shape index (κ2) is 8.86. The number of carbonyl (C=O) groups is 2. The molecule has 0 aliphatic heterocycles. The first-order valence-corrected chi connectivity index (χ1v) is 8.49. The standard InChI is InChI=1S/C20H23N3O3/c1-14(2)12-26-20(25)22-18(19(24)23(3)13-21)11-15-8-9-16-6-4-5-7-17(16)10-15/h4-10,14,18H,11-12H2,1-3H3,(H,22,25). The number of hydrogen-bond donors (Lipinski definition) is 1. The van der Waals surface area contributed by atoms with E-state index in [1.807, 2.05) is 56.3 Å². The van der Waals surface area contributed by atoms with Gasteiger partial charge in [-0.25, -0.2) is 4.79 Å². The average molecular weight is 353 g/mol. The van der Waals surface area contributed by atoms with E-state index in [0.29, 0.717) is 0 Å². The highest BCUT2D eigenvalue weighted by atomic mass is 16.5. The lowest BCUT2D eigenvalue weighted by Gasteiger charge is -2.20. The molecule has 0 radical (unpaired) electrons. The van der Waals surface area contributed by atoms with E-state index in [0.717, 1.165) is 21.2 Å². The summed E-state index contributed by atoms with van der Waals surface area (Å²) >= 11 is 0. The summed E-state index contributed by atoms with van der Waals surface area (Å²) in [4.78, 5) is 25.3. The van der Waals surface area contributed by atoms with Crippen LogP contribution in [0.25, 0.3) is 10.8 Å². The molecule has 2 amide bonds. The maximum absolute atomic E-state index is 12.4. The van der Waals surface area contributed by atoms with Gasteiger partial charge in [-0.2, -0.15) is 5.26 Å². The third-order valence-electron chi connectivity index (χ3n) is 3.87. The molecule has 2 rings (SSSR count). The monoisotopic (exact) mass is 353 g/mol. The zero-order chi connectivity index (χ0) is 19.1. The van der Waals surface area contributed by atoms with Gasteiger partial charge in [0.05, 0.1) is 6.61 Å². The summed E-state index contributed by atoms with van der Waals surface area (Å²) < 4.78 is 5.10. The van der Waals surface area contributed by atoms with E-state index in [1.54, 1.807) is 6.19 Å². The van der Waals surface area contributed by atoms with Crippen molar-refractivity contribution in [3.63, 3.8) is 0 Å². The summed E-state index contributed by atoms with van der Waals surface area (Å²) in [6.07, 6.45) is 1.38. The molecule has 2 aromatic carbocycles. The van der Waals surface area contributed by atoms with Crippen molar-refractivity contribution in [1.82, 2.24) is 10.2 Å². The third-order valence-corrected chi connectivity index (χ3v) is 3.87. The van der Waals surface area contributed by atoms with Crippen LogP contribution in [-0.4, -0.2) is 36.6 Å². The summed E-state index contributed by atoms with van der Waals surface area (Å²) in [5.41, 5.74) is 0.887. The maximum Gasteiger partial charge on any atom is 0.407 e. The lowest BCUT2D eigenvalue weighted by molar-refractivity contribution is -0.129. The number of nitrogens with one attached hydrogen (secondary N) is 1. The predicted molar refractivity (Wildman–Crippen MR) is 99.1 cm³/mol. The van der Waals surface area contributed by atoms with Crippen molar-refractivity contribution in [1.29, 1.82) is 5.26 Å². The molecule has 0 aliphatic rings. The largest absolute Gasteiger partial charge is 0.449 e. The van der Waals surface area contributed by atoms with E-state index in [1.165, 1.54) is 7.05 Å². The number of likely N-dealkylation sites (N-methyl/N-ethyl adjacent to an activating group) is 1. The fraction of sp³-hybridized carbons (Fsp3) is 0.350. The first kappa shape index (κ1) is 19.3. The zero-order valence-electron chi connectivity index (χ0n) is 15.2.